The number of carbonyl (C=O) groups excluding carboxylic acids is 2. The average Bonchev–Trinajstić information content (AvgIpc) is 2.69. The van der Waals surface area contributed by atoms with Crippen LogP contribution >= 0.6 is 11.8 Å². The van der Waals surface area contributed by atoms with Crippen LogP contribution in [0.25, 0.3) is 5.70 Å². The summed E-state index contributed by atoms with van der Waals surface area (Å²) in [5, 5.41) is 13.6. The highest BCUT2D eigenvalue weighted by Crippen LogP contribution is 2.27. The zero-order chi connectivity index (χ0) is 19.2. The van der Waals surface area contributed by atoms with Gasteiger partial charge in [0.1, 0.15) is 6.54 Å². The van der Waals surface area contributed by atoms with E-state index in [9.17, 15) is 14.4 Å². The lowest BCUT2D eigenvalue weighted by molar-refractivity contribution is -0.131. The van der Waals surface area contributed by atoms with Gasteiger partial charge in [0.25, 0.3) is 0 Å². The van der Waals surface area contributed by atoms with E-state index in [4.69, 9.17) is 5.11 Å². The van der Waals surface area contributed by atoms with Crippen molar-refractivity contribution in [3.8, 4) is 0 Å². The Morgan fingerprint density at radius 2 is 1.78 bits per heavy atom. The number of carboxylic acids is 1. The lowest BCUT2D eigenvalue weighted by Crippen LogP contribution is -2.41. The van der Waals surface area contributed by atoms with E-state index in [2.05, 4.69) is 5.32 Å². The first-order chi connectivity index (χ1) is 13.0. The molecule has 3 rings (SSSR count). The summed E-state index contributed by atoms with van der Waals surface area (Å²) < 4.78 is 0. The Hall–Kier alpha value is -3.06. The third-order valence-electron chi connectivity index (χ3n) is 4.06. The van der Waals surface area contributed by atoms with Crippen molar-refractivity contribution < 1.29 is 19.5 Å². The SMILES string of the molecule is O=C(CN1C(=O)CSC=C1c1ccccc1)NCc1ccc(C(=O)O)cc1. The van der Waals surface area contributed by atoms with Crippen LogP contribution in [0, 0.1) is 0 Å². The minimum Gasteiger partial charge on any atom is -0.478 e. The van der Waals surface area contributed by atoms with Crippen molar-refractivity contribution in [2.75, 3.05) is 12.3 Å². The van der Waals surface area contributed by atoms with Crippen molar-refractivity contribution in [1.82, 2.24) is 10.2 Å². The summed E-state index contributed by atoms with van der Waals surface area (Å²) in [6.45, 7) is 0.202. The van der Waals surface area contributed by atoms with Crippen molar-refractivity contribution in [3.63, 3.8) is 0 Å². The van der Waals surface area contributed by atoms with Gasteiger partial charge in [0.15, 0.2) is 0 Å². The van der Waals surface area contributed by atoms with Crippen LogP contribution in [-0.2, 0) is 16.1 Å². The maximum Gasteiger partial charge on any atom is 0.335 e. The van der Waals surface area contributed by atoms with Crippen LogP contribution in [0.3, 0.4) is 0 Å². The first-order valence-corrected chi connectivity index (χ1v) is 9.36. The molecule has 0 bridgehead atoms. The molecule has 27 heavy (non-hydrogen) atoms. The predicted molar refractivity (Wildman–Crippen MR) is 104 cm³/mol. The minimum absolute atomic E-state index is 0.0622. The van der Waals surface area contributed by atoms with Crippen molar-refractivity contribution >= 4 is 35.2 Å². The molecular weight excluding hydrogens is 364 g/mol. The molecule has 0 radical (unpaired) electrons. The number of hydrogen-bond donors (Lipinski definition) is 2. The van der Waals surface area contributed by atoms with Gasteiger partial charge in [0, 0.05) is 6.54 Å². The molecule has 0 atom stereocenters. The highest BCUT2D eigenvalue weighted by Gasteiger charge is 2.25. The van der Waals surface area contributed by atoms with Crippen molar-refractivity contribution in [2.45, 2.75) is 6.54 Å². The van der Waals surface area contributed by atoms with E-state index in [1.807, 2.05) is 35.7 Å². The Labute approximate surface area is 160 Å². The second-order valence-corrected chi connectivity index (χ2v) is 6.80. The maximum absolute atomic E-state index is 12.3. The summed E-state index contributed by atoms with van der Waals surface area (Å²) in [6, 6.07) is 15.8. The van der Waals surface area contributed by atoms with Gasteiger partial charge in [-0.25, -0.2) is 4.79 Å². The normalized spacial score (nSPS) is 13.9. The van der Waals surface area contributed by atoms with Gasteiger partial charge in [-0.05, 0) is 28.7 Å². The van der Waals surface area contributed by atoms with E-state index in [0.717, 1.165) is 16.8 Å². The highest BCUT2D eigenvalue weighted by molar-refractivity contribution is 8.03. The smallest absolute Gasteiger partial charge is 0.335 e. The number of nitrogens with zero attached hydrogens (tertiary/aromatic N) is 1. The second kappa shape index (κ2) is 8.55. The van der Waals surface area contributed by atoms with E-state index < -0.39 is 5.97 Å². The minimum atomic E-state index is -0.993. The zero-order valence-corrected chi connectivity index (χ0v) is 15.2. The number of benzene rings is 2. The summed E-state index contributed by atoms with van der Waals surface area (Å²) in [4.78, 5) is 37.0. The molecule has 138 valence electrons. The highest BCUT2D eigenvalue weighted by atomic mass is 32.2. The Morgan fingerprint density at radius 1 is 1.07 bits per heavy atom. The first-order valence-electron chi connectivity index (χ1n) is 8.31. The van der Waals surface area contributed by atoms with Gasteiger partial charge >= 0.3 is 5.97 Å². The molecule has 0 unspecified atom stereocenters. The molecule has 0 saturated heterocycles. The summed E-state index contributed by atoms with van der Waals surface area (Å²) in [6.07, 6.45) is 0. The van der Waals surface area contributed by atoms with E-state index in [1.54, 1.807) is 12.1 Å². The summed E-state index contributed by atoms with van der Waals surface area (Å²) >= 11 is 1.42. The Morgan fingerprint density at radius 3 is 2.44 bits per heavy atom. The van der Waals surface area contributed by atoms with E-state index in [1.165, 1.54) is 28.8 Å². The number of thioether (sulfide) groups is 1. The lowest BCUT2D eigenvalue weighted by Gasteiger charge is -2.28. The molecule has 0 spiro atoms. The number of amides is 2. The fourth-order valence-corrected chi connectivity index (χ4v) is 3.44. The Bertz CT molecular complexity index is 879. The summed E-state index contributed by atoms with van der Waals surface area (Å²) in [5.74, 6) is -1.07. The van der Waals surface area contributed by atoms with Gasteiger partial charge in [-0.1, -0.05) is 42.5 Å². The molecule has 2 amide bonds. The van der Waals surface area contributed by atoms with Crippen LogP contribution in [0.1, 0.15) is 21.5 Å². The molecule has 0 aliphatic carbocycles. The average molecular weight is 382 g/mol. The number of carboxylic acid groups (broad SMARTS) is 1. The van der Waals surface area contributed by atoms with Crippen LogP contribution in [0.5, 0.6) is 0 Å². The third kappa shape index (κ3) is 4.77. The molecule has 0 aromatic heterocycles. The lowest BCUT2D eigenvalue weighted by atomic mass is 10.1. The maximum atomic E-state index is 12.3. The number of rotatable bonds is 6. The fourth-order valence-electron chi connectivity index (χ4n) is 2.64. The molecule has 1 aliphatic rings. The van der Waals surface area contributed by atoms with Gasteiger partial charge in [-0.3, -0.25) is 9.59 Å². The van der Waals surface area contributed by atoms with Gasteiger partial charge < -0.3 is 15.3 Å². The van der Waals surface area contributed by atoms with Crippen LogP contribution in [0.2, 0.25) is 0 Å². The monoisotopic (exact) mass is 382 g/mol. The number of nitrogens with one attached hydrogen (secondary N) is 1. The van der Waals surface area contributed by atoms with Gasteiger partial charge in [-0.15, -0.1) is 11.8 Å². The van der Waals surface area contributed by atoms with Crippen LogP contribution in [0.15, 0.2) is 60.0 Å². The van der Waals surface area contributed by atoms with Crippen molar-refractivity contribution in [3.05, 3.63) is 76.7 Å². The van der Waals surface area contributed by atoms with Gasteiger partial charge in [0.05, 0.1) is 17.0 Å². The van der Waals surface area contributed by atoms with E-state index >= 15 is 0 Å². The quantitative estimate of drug-likeness (QED) is 0.802. The Kier molecular flexibility index (Phi) is 5.93. The van der Waals surface area contributed by atoms with E-state index in [0.29, 0.717) is 5.75 Å². The van der Waals surface area contributed by atoms with Crippen molar-refractivity contribution in [1.29, 1.82) is 0 Å². The van der Waals surface area contributed by atoms with E-state index in [-0.39, 0.29) is 30.5 Å². The molecule has 1 aliphatic heterocycles. The number of hydrogen-bond acceptors (Lipinski definition) is 4. The molecule has 6 nitrogen and oxygen atoms in total. The largest absolute Gasteiger partial charge is 0.478 e. The molecule has 2 aromatic rings. The van der Waals surface area contributed by atoms with Gasteiger partial charge in [0.2, 0.25) is 11.8 Å². The summed E-state index contributed by atoms with van der Waals surface area (Å²) in [5.41, 5.74) is 2.58. The fraction of sp³-hybridized carbons (Fsp3) is 0.150. The number of aromatic carboxylic acids is 1. The van der Waals surface area contributed by atoms with Crippen molar-refractivity contribution in [2.24, 2.45) is 0 Å². The van der Waals surface area contributed by atoms with Gasteiger partial charge in [-0.2, -0.15) is 0 Å². The van der Waals surface area contributed by atoms with Crippen LogP contribution in [-0.4, -0.2) is 40.1 Å². The molecule has 1 heterocycles. The second-order valence-electron chi connectivity index (χ2n) is 5.94. The van der Waals surface area contributed by atoms with Crippen LogP contribution in [0.4, 0.5) is 0 Å². The third-order valence-corrected chi connectivity index (χ3v) is 4.86. The topological polar surface area (TPSA) is 86.7 Å². The van der Waals surface area contributed by atoms with Crippen LogP contribution < -0.4 is 5.32 Å². The standard InChI is InChI=1S/C20H18N2O4S/c23-18(21-10-14-6-8-16(9-7-14)20(25)26)11-22-17(12-27-13-19(22)24)15-4-2-1-3-5-15/h1-9,12H,10-11,13H2,(H,21,23)(H,25,26). The molecule has 0 fully saturated rings. The summed E-state index contributed by atoms with van der Waals surface area (Å²) in [7, 11) is 0. The zero-order valence-electron chi connectivity index (χ0n) is 14.4. The molecule has 2 aromatic carbocycles. The molecule has 0 saturated carbocycles. The molecule has 7 heteroatoms. The molecule has 2 N–H and O–H groups in total. The predicted octanol–water partition coefficient (Wildman–Crippen LogP) is 2.58. The Balaban J connectivity index is 1.63. The first kappa shape index (κ1) is 18.7. The number of carbonyl (C=O) groups is 3. The molecular formula is C20H18N2O4S.